The first kappa shape index (κ1) is 30.9. The predicted octanol–water partition coefficient (Wildman–Crippen LogP) is 3.37. The Kier molecular flexibility index (Phi) is 11.0. The van der Waals surface area contributed by atoms with Crippen LogP contribution in [0.25, 0.3) is 6.08 Å². The summed E-state index contributed by atoms with van der Waals surface area (Å²) in [5, 5.41) is 16.9. The Morgan fingerprint density at radius 1 is 1.24 bits per heavy atom. The Hall–Kier alpha value is -3.28. The van der Waals surface area contributed by atoms with E-state index >= 15 is 0 Å². The van der Waals surface area contributed by atoms with Gasteiger partial charge >= 0.3 is 5.97 Å². The lowest BCUT2D eigenvalue weighted by Crippen LogP contribution is -2.40. The highest BCUT2D eigenvalue weighted by Crippen LogP contribution is 2.32. The van der Waals surface area contributed by atoms with Crippen molar-refractivity contribution in [3.05, 3.63) is 64.7 Å². The molecule has 10 nitrogen and oxygen atoms in total. The van der Waals surface area contributed by atoms with Crippen LogP contribution in [0.15, 0.2) is 48.5 Å². The zero-order chi connectivity index (χ0) is 27.2. The van der Waals surface area contributed by atoms with Gasteiger partial charge in [0.25, 0.3) is 0 Å². The number of aliphatic carboxylic acids is 1. The topological polar surface area (TPSA) is 154 Å². The van der Waals surface area contributed by atoms with Crippen molar-refractivity contribution in [3.63, 3.8) is 0 Å². The lowest BCUT2D eigenvalue weighted by atomic mass is 10.1. The van der Waals surface area contributed by atoms with Crippen molar-refractivity contribution in [2.24, 2.45) is 5.73 Å². The second-order valence-electron chi connectivity index (χ2n) is 8.56. The van der Waals surface area contributed by atoms with Crippen LogP contribution in [0.5, 0.6) is 5.75 Å². The molecule has 206 valence electrons. The van der Waals surface area contributed by atoms with Gasteiger partial charge in [-0.2, -0.15) is 0 Å². The average Bonchev–Trinajstić information content (AvgIpc) is 2.83. The molecular formula is C25H30Cl2N4O6S. The van der Waals surface area contributed by atoms with Crippen molar-refractivity contribution in [1.29, 1.82) is 5.41 Å². The Labute approximate surface area is 233 Å². The number of nitrogens with zero attached hydrogens (tertiary/aromatic N) is 2. The lowest BCUT2D eigenvalue weighted by molar-refractivity contribution is -0.134. The lowest BCUT2D eigenvalue weighted by Gasteiger charge is -2.31. The van der Waals surface area contributed by atoms with Crippen molar-refractivity contribution in [2.45, 2.75) is 25.9 Å². The van der Waals surface area contributed by atoms with E-state index in [0.29, 0.717) is 42.8 Å². The molecule has 1 aliphatic rings. The largest absolute Gasteiger partial charge is 0.489 e. The highest BCUT2D eigenvalue weighted by molar-refractivity contribution is 7.93. The number of carbonyl (C=O) groups excluding carboxylic acids is 1. The molecule has 2 aromatic rings. The minimum atomic E-state index is -4.23. The maximum Gasteiger partial charge on any atom is 0.320 e. The van der Waals surface area contributed by atoms with Gasteiger partial charge in [0.05, 0.1) is 17.3 Å². The quantitative estimate of drug-likeness (QED) is 0.285. The monoisotopic (exact) mass is 584 g/mol. The molecule has 1 aliphatic heterocycles. The van der Waals surface area contributed by atoms with Crippen LogP contribution in [0, 0.1) is 5.41 Å². The van der Waals surface area contributed by atoms with Gasteiger partial charge in [-0.15, -0.1) is 12.4 Å². The molecular weight excluding hydrogens is 555 g/mol. The molecule has 2 aromatic carbocycles. The number of nitrogen functional groups attached to an aromatic ring is 1. The van der Waals surface area contributed by atoms with Crippen molar-refractivity contribution >= 4 is 63.5 Å². The fourth-order valence-corrected chi connectivity index (χ4v) is 5.35. The van der Waals surface area contributed by atoms with Crippen LogP contribution in [0.3, 0.4) is 0 Å². The second kappa shape index (κ2) is 13.5. The number of benzene rings is 2. The number of carboxylic acid groups (broad SMARTS) is 1. The summed E-state index contributed by atoms with van der Waals surface area (Å²) in [6.07, 6.45) is 4.38. The first-order valence-electron chi connectivity index (χ1n) is 11.5. The molecule has 13 heteroatoms. The molecule has 4 N–H and O–H groups in total. The van der Waals surface area contributed by atoms with Crippen LogP contribution in [-0.2, 0) is 19.6 Å². The molecule has 1 fully saturated rings. The number of hydrogen-bond acceptors (Lipinski definition) is 6. The van der Waals surface area contributed by atoms with Crippen LogP contribution in [0.2, 0.25) is 5.02 Å². The number of carbonyl (C=O) groups is 2. The molecule has 0 aliphatic carbocycles. The summed E-state index contributed by atoms with van der Waals surface area (Å²) in [6, 6.07) is 11.3. The van der Waals surface area contributed by atoms with E-state index in [-0.39, 0.29) is 47.5 Å². The number of rotatable bonds is 10. The Balaban J connectivity index is 0.00000507. The standard InChI is InChI=1S/C25H29ClN4O6S.ClH/c1-17(31)29-12-9-21(10-13-29)36-23-8-7-20(15-22(23)26)30(37(34,35)16-24(32)33)11-3-5-18-4-2-6-19(14-18)25(27)28;/h2-8,14-15,21H,9-13,16H2,1H3,(H3,27,28)(H,32,33);1H/b5-3+;. The van der Waals surface area contributed by atoms with E-state index in [1.807, 2.05) is 0 Å². The summed E-state index contributed by atoms with van der Waals surface area (Å²) in [6.45, 7) is 2.54. The third kappa shape index (κ3) is 8.37. The number of hydrogen-bond donors (Lipinski definition) is 3. The molecule has 0 bridgehead atoms. The molecule has 0 unspecified atom stereocenters. The Morgan fingerprint density at radius 2 is 1.92 bits per heavy atom. The Morgan fingerprint density at radius 3 is 2.50 bits per heavy atom. The number of amidine groups is 1. The summed E-state index contributed by atoms with van der Waals surface area (Å²) in [5.74, 6) is -2.28. The van der Waals surface area contributed by atoms with Crippen LogP contribution in [0.1, 0.15) is 30.9 Å². The normalized spacial score (nSPS) is 14.1. The molecule has 0 atom stereocenters. The number of anilines is 1. The van der Waals surface area contributed by atoms with Gasteiger partial charge in [0, 0.05) is 38.4 Å². The minimum absolute atomic E-state index is 0. The number of halogens is 2. The summed E-state index contributed by atoms with van der Waals surface area (Å²) in [7, 11) is -4.23. The van der Waals surface area contributed by atoms with E-state index in [0.717, 1.165) is 4.31 Å². The van der Waals surface area contributed by atoms with Crippen LogP contribution < -0.4 is 14.8 Å². The fourth-order valence-electron chi connectivity index (χ4n) is 3.92. The van der Waals surface area contributed by atoms with E-state index in [1.165, 1.54) is 19.1 Å². The van der Waals surface area contributed by atoms with E-state index < -0.39 is 21.7 Å². The first-order chi connectivity index (χ1) is 17.5. The summed E-state index contributed by atoms with van der Waals surface area (Å²) >= 11 is 6.43. The number of likely N-dealkylation sites (tertiary alicyclic amines) is 1. The number of carboxylic acids is 1. The highest BCUT2D eigenvalue weighted by Gasteiger charge is 2.27. The minimum Gasteiger partial charge on any atom is -0.489 e. The zero-order valence-electron chi connectivity index (χ0n) is 20.7. The molecule has 0 aromatic heterocycles. The fraction of sp³-hybridized carbons (Fsp3) is 0.320. The molecule has 1 heterocycles. The summed E-state index contributed by atoms with van der Waals surface area (Å²) in [4.78, 5) is 24.5. The van der Waals surface area contributed by atoms with E-state index in [2.05, 4.69) is 0 Å². The molecule has 0 radical (unpaired) electrons. The van der Waals surface area contributed by atoms with Gasteiger partial charge in [-0.3, -0.25) is 19.3 Å². The van der Waals surface area contributed by atoms with Crippen LogP contribution in [0.4, 0.5) is 5.69 Å². The van der Waals surface area contributed by atoms with Gasteiger partial charge < -0.3 is 20.5 Å². The third-order valence-corrected chi connectivity index (χ3v) is 7.74. The van der Waals surface area contributed by atoms with Crippen LogP contribution >= 0.6 is 24.0 Å². The summed E-state index contributed by atoms with van der Waals surface area (Å²) < 4.78 is 32.7. The molecule has 1 saturated heterocycles. The van der Waals surface area contributed by atoms with Gasteiger partial charge in [-0.1, -0.05) is 42.0 Å². The van der Waals surface area contributed by atoms with Crippen molar-refractivity contribution < 1.29 is 27.9 Å². The average molecular weight is 586 g/mol. The summed E-state index contributed by atoms with van der Waals surface area (Å²) in [5.41, 5.74) is 6.92. The molecule has 0 spiro atoms. The smallest absolute Gasteiger partial charge is 0.320 e. The number of amides is 1. The van der Waals surface area contributed by atoms with Gasteiger partial charge in [0.2, 0.25) is 15.9 Å². The van der Waals surface area contributed by atoms with Gasteiger partial charge in [-0.05, 0) is 29.8 Å². The highest BCUT2D eigenvalue weighted by atomic mass is 35.5. The predicted molar refractivity (Wildman–Crippen MR) is 150 cm³/mol. The number of nitrogens with one attached hydrogen (secondary N) is 1. The SMILES string of the molecule is CC(=O)N1CCC(Oc2ccc(N(C/C=C/c3cccc(C(=N)N)c3)S(=O)(=O)CC(=O)O)cc2Cl)CC1.Cl. The number of piperidine rings is 1. The van der Waals surface area contributed by atoms with E-state index in [1.54, 1.807) is 47.4 Å². The molecule has 38 heavy (non-hydrogen) atoms. The van der Waals surface area contributed by atoms with E-state index in [4.69, 9.17) is 32.6 Å². The molecule has 0 saturated carbocycles. The third-order valence-electron chi connectivity index (χ3n) is 5.81. The Bertz CT molecular complexity index is 1310. The van der Waals surface area contributed by atoms with Gasteiger partial charge in [0.15, 0.2) is 5.75 Å². The van der Waals surface area contributed by atoms with Crippen LogP contribution in [-0.4, -0.2) is 67.6 Å². The van der Waals surface area contributed by atoms with Crippen molar-refractivity contribution in [3.8, 4) is 5.75 Å². The number of nitrogens with two attached hydrogens (primary N) is 1. The second-order valence-corrected chi connectivity index (χ2v) is 10.9. The van der Waals surface area contributed by atoms with Gasteiger partial charge in [0.1, 0.15) is 17.7 Å². The maximum absolute atomic E-state index is 12.9. The number of ether oxygens (including phenoxy) is 1. The molecule has 3 rings (SSSR count). The molecule has 1 amide bonds. The maximum atomic E-state index is 12.9. The first-order valence-corrected chi connectivity index (χ1v) is 13.5. The van der Waals surface area contributed by atoms with E-state index in [9.17, 15) is 18.0 Å². The van der Waals surface area contributed by atoms with Gasteiger partial charge in [-0.25, -0.2) is 8.42 Å². The van der Waals surface area contributed by atoms with Crippen molar-refractivity contribution in [1.82, 2.24) is 4.90 Å². The number of sulfonamides is 1. The zero-order valence-corrected chi connectivity index (χ0v) is 23.1. The van der Waals surface area contributed by atoms with Crippen molar-refractivity contribution in [2.75, 3.05) is 29.7 Å².